The summed E-state index contributed by atoms with van der Waals surface area (Å²) in [6.07, 6.45) is -0.140. The minimum Gasteiger partial charge on any atom is -0.459 e. The number of cyclic esters (lactones) is 1. The van der Waals surface area contributed by atoms with Crippen molar-refractivity contribution in [1.82, 2.24) is 0 Å². The van der Waals surface area contributed by atoms with Crippen LogP contribution in [0.2, 0.25) is 0 Å². The molecule has 1 N–H and O–H groups in total. The van der Waals surface area contributed by atoms with Gasteiger partial charge in [0.05, 0.1) is 5.56 Å². The first-order chi connectivity index (χ1) is 8.83. The lowest BCUT2D eigenvalue weighted by Gasteiger charge is -2.24. The molecular formula is C15H16O4. The van der Waals surface area contributed by atoms with Crippen molar-refractivity contribution >= 4 is 11.8 Å². The number of carbonyl (C=O) groups is 2. The summed E-state index contributed by atoms with van der Waals surface area (Å²) in [5.74, 6) is -0.398. The average Bonchev–Trinajstić information content (AvgIpc) is 2.57. The molecule has 0 saturated heterocycles. The normalized spacial score (nSPS) is 23.9. The fourth-order valence-corrected chi connectivity index (χ4v) is 3.11. The summed E-state index contributed by atoms with van der Waals surface area (Å²) in [4.78, 5) is 24.1. The van der Waals surface area contributed by atoms with Crippen molar-refractivity contribution in [2.75, 3.05) is 6.61 Å². The topological polar surface area (TPSA) is 63.6 Å². The summed E-state index contributed by atoms with van der Waals surface area (Å²) in [5, 5.41) is 10.0. The van der Waals surface area contributed by atoms with E-state index >= 15 is 0 Å². The monoisotopic (exact) mass is 260 g/mol. The van der Waals surface area contributed by atoms with Gasteiger partial charge < -0.3 is 9.84 Å². The second kappa shape index (κ2) is 3.67. The Morgan fingerprint density at radius 2 is 2.00 bits per heavy atom. The molecule has 19 heavy (non-hydrogen) atoms. The third kappa shape index (κ3) is 1.56. The molecule has 1 unspecified atom stereocenters. The molecule has 1 atom stereocenters. The van der Waals surface area contributed by atoms with E-state index in [0.717, 1.165) is 11.1 Å². The van der Waals surface area contributed by atoms with E-state index in [1.165, 1.54) is 0 Å². The number of benzene rings is 1. The summed E-state index contributed by atoms with van der Waals surface area (Å²) in [6, 6.07) is 1.60. The van der Waals surface area contributed by atoms with E-state index in [1.54, 1.807) is 6.07 Å². The van der Waals surface area contributed by atoms with Crippen LogP contribution in [0.15, 0.2) is 6.07 Å². The number of aliphatic hydroxyl groups excluding tert-OH is 1. The number of esters is 1. The molecule has 0 fully saturated rings. The van der Waals surface area contributed by atoms with Gasteiger partial charge >= 0.3 is 5.97 Å². The van der Waals surface area contributed by atoms with E-state index in [1.807, 2.05) is 20.8 Å². The SMILES string of the molecule is Cc1c2c(cc3c1C(O)COC3=O)C(=O)C(C)(C)C2. The second-order valence-electron chi connectivity index (χ2n) is 5.99. The highest BCUT2D eigenvalue weighted by atomic mass is 16.5. The summed E-state index contributed by atoms with van der Waals surface area (Å²) in [7, 11) is 0. The average molecular weight is 260 g/mol. The molecule has 0 saturated carbocycles. The number of aliphatic hydroxyl groups is 1. The zero-order valence-corrected chi connectivity index (χ0v) is 11.2. The summed E-state index contributed by atoms with van der Waals surface area (Å²) in [5.41, 5.74) is 2.94. The molecule has 0 radical (unpaired) electrons. The molecule has 0 aromatic heterocycles. The fraction of sp³-hybridized carbons (Fsp3) is 0.467. The van der Waals surface area contributed by atoms with Gasteiger partial charge in [-0.2, -0.15) is 0 Å². The number of ether oxygens (including phenoxy) is 1. The molecule has 1 aromatic carbocycles. The lowest BCUT2D eigenvalue weighted by molar-refractivity contribution is 0.0165. The van der Waals surface area contributed by atoms with Gasteiger partial charge in [-0.3, -0.25) is 4.79 Å². The Kier molecular flexibility index (Phi) is 2.39. The van der Waals surface area contributed by atoms with Crippen LogP contribution in [0.5, 0.6) is 0 Å². The summed E-state index contributed by atoms with van der Waals surface area (Å²) >= 11 is 0. The Bertz CT molecular complexity index is 613. The highest BCUT2D eigenvalue weighted by Crippen LogP contribution is 2.42. The highest BCUT2D eigenvalue weighted by Gasteiger charge is 2.41. The van der Waals surface area contributed by atoms with Gasteiger partial charge in [0.2, 0.25) is 0 Å². The van der Waals surface area contributed by atoms with E-state index in [9.17, 15) is 14.7 Å². The smallest absolute Gasteiger partial charge is 0.338 e. The predicted molar refractivity (Wildman–Crippen MR) is 68.2 cm³/mol. The Hall–Kier alpha value is -1.68. The lowest BCUT2D eigenvalue weighted by Crippen LogP contribution is -2.24. The van der Waals surface area contributed by atoms with Crippen molar-refractivity contribution in [3.8, 4) is 0 Å². The third-order valence-corrected chi connectivity index (χ3v) is 4.16. The second-order valence-corrected chi connectivity index (χ2v) is 5.99. The van der Waals surface area contributed by atoms with Gasteiger partial charge in [-0.1, -0.05) is 13.8 Å². The van der Waals surface area contributed by atoms with Gasteiger partial charge in [0, 0.05) is 16.5 Å². The summed E-state index contributed by atoms with van der Waals surface area (Å²) in [6.45, 7) is 5.67. The van der Waals surface area contributed by atoms with Crippen molar-refractivity contribution in [3.63, 3.8) is 0 Å². The first-order valence-electron chi connectivity index (χ1n) is 6.39. The third-order valence-electron chi connectivity index (χ3n) is 4.16. The Morgan fingerprint density at radius 1 is 1.32 bits per heavy atom. The molecule has 2 aliphatic rings. The Morgan fingerprint density at radius 3 is 2.68 bits per heavy atom. The molecule has 1 aliphatic carbocycles. The lowest BCUT2D eigenvalue weighted by atomic mass is 9.88. The molecule has 0 bridgehead atoms. The van der Waals surface area contributed by atoms with E-state index in [4.69, 9.17) is 4.74 Å². The van der Waals surface area contributed by atoms with Crippen LogP contribution in [0.25, 0.3) is 0 Å². The van der Waals surface area contributed by atoms with Crippen LogP contribution in [0.3, 0.4) is 0 Å². The molecule has 0 amide bonds. The molecular weight excluding hydrogens is 244 g/mol. The zero-order valence-electron chi connectivity index (χ0n) is 11.2. The molecule has 1 heterocycles. The van der Waals surface area contributed by atoms with Crippen LogP contribution >= 0.6 is 0 Å². The number of fused-ring (bicyclic) bond motifs is 2. The molecule has 0 spiro atoms. The maximum absolute atomic E-state index is 12.3. The fourth-order valence-electron chi connectivity index (χ4n) is 3.11. The van der Waals surface area contributed by atoms with Crippen molar-refractivity contribution in [2.45, 2.75) is 33.3 Å². The van der Waals surface area contributed by atoms with Crippen molar-refractivity contribution in [1.29, 1.82) is 0 Å². The predicted octanol–water partition coefficient (Wildman–Crippen LogP) is 1.96. The van der Waals surface area contributed by atoms with Crippen LogP contribution in [-0.2, 0) is 11.2 Å². The number of hydrogen-bond donors (Lipinski definition) is 1. The minimum atomic E-state index is -0.795. The number of carbonyl (C=O) groups excluding carboxylic acids is 2. The number of hydrogen-bond acceptors (Lipinski definition) is 4. The standard InChI is InChI=1S/C15H16O4/c1-7-10-5-15(2,3)13(17)8(10)4-9-12(7)11(16)6-19-14(9)18/h4,11,16H,5-6H2,1-3H3. The molecule has 4 nitrogen and oxygen atoms in total. The number of Topliss-reactive ketones (excluding diaryl/α,β-unsaturated/α-hetero) is 1. The first-order valence-corrected chi connectivity index (χ1v) is 6.39. The van der Waals surface area contributed by atoms with Crippen LogP contribution in [0.4, 0.5) is 0 Å². The first kappa shape index (κ1) is 12.4. The maximum atomic E-state index is 12.3. The van der Waals surface area contributed by atoms with Crippen molar-refractivity contribution < 1.29 is 19.4 Å². The van der Waals surface area contributed by atoms with Crippen LogP contribution in [0.1, 0.15) is 57.4 Å². The van der Waals surface area contributed by atoms with Gasteiger partial charge in [0.15, 0.2) is 5.78 Å². The van der Waals surface area contributed by atoms with Gasteiger partial charge in [0.25, 0.3) is 0 Å². The molecule has 3 rings (SSSR count). The van der Waals surface area contributed by atoms with E-state index in [2.05, 4.69) is 0 Å². The highest BCUT2D eigenvalue weighted by molar-refractivity contribution is 6.07. The molecule has 1 aromatic rings. The van der Waals surface area contributed by atoms with Crippen LogP contribution < -0.4 is 0 Å². The van der Waals surface area contributed by atoms with Gasteiger partial charge in [-0.05, 0) is 30.5 Å². The van der Waals surface area contributed by atoms with Gasteiger partial charge in [-0.15, -0.1) is 0 Å². The van der Waals surface area contributed by atoms with Crippen LogP contribution in [0, 0.1) is 12.3 Å². The van der Waals surface area contributed by atoms with Crippen molar-refractivity contribution in [3.05, 3.63) is 33.9 Å². The maximum Gasteiger partial charge on any atom is 0.338 e. The van der Waals surface area contributed by atoms with Gasteiger partial charge in [0.1, 0.15) is 12.7 Å². The molecule has 100 valence electrons. The Balaban J connectivity index is 2.29. The largest absolute Gasteiger partial charge is 0.459 e. The van der Waals surface area contributed by atoms with Crippen molar-refractivity contribution in [2.24, 2.45) is 5.41 Å². The molecule has 4 heteroatoms. The minimum absolute atomic E-state index is 0.0111. The van der Waals surface area contributed by atoms with Gasteiger partial charge in [-0.25, -0.2) is 4.79 Å². The Labute approximate surface area is 111 Å². The van der Waals surface area contributed by atoms with Crippen LogP contribution in [-0.4, -0.2) is 23.5 Å². The quantitative estimate of drug-likeness (QED) is 0.724. The number of ketones is 1. The van der Waals surface area contributed by atoms with E-state index in [-0.39, 0.29) is 12.4 Å². The van der Waals surface area contributed by atoms with E-state index < -0.39 is 17.5 Å². The number of rotatable bonds is 0. The van der Waals surface area contributed by atoms with E-state index in [0.29, 0.717) is 23.1 Å². The molecule has 1 aliphatic heterocycles. The summed E-state index contributed by atoms with van der Waals surface area (Å²) < 4.78 is 4.92. The zero-order chi connectivity index (χ0) is 13.9.